The second-order valence-corrected chi connectivity index (χ2v) is 8.91. The van der Waals surface area contributed by atoms with E-state index in [1.54, 1.807) is 12.1 Å². The number of phenolic OH excluding ortho intramolecular Hbond substituents is 1. The molecule has 0 heterocycles. The molecule has 15 nitrogen and oxygen atoms in total. The fourth-order valence-corrected chi connectivity index (χ4v) is 3.06. The van der Waals surface area contributed by atoms with E-state index in [0.717, 1.165) is 25.3 Å². The van der Waals surface area contributed by atoms with E-state index in [-0.39, 0.29) is 40.1 Å². The topological polar surface area (TPSA) is 242 Å². The van der Waals surface area contributed by atoms with Gasteiger partial charge in [0, 0.05) is 24.3 Å². The summed E-state index contributed by atoms with van der Waals surface area (Å²) >= 11 is 0. The number of anilines is 2. The standard InChI is InChI=1S/C12H13NO4.C11H16N2O3.C7H8N2O3/c1-8(14)6-12(9(2)13)17-16-11-5-3-4-10(15)7-11;1-2-3-4-7-16-11-8-9(13(14)15)5-6-10(11)12;1-12-7-4-5(9(10)11)2-3-6(7)8/h3-7,14-15H,1-2,13H2;5-6,8H,2-4,7,12H2,1H3;2-4H,8H2,1H3/b12-6+;;. The van der Waals surface area contributed by atoms with Crippen LogP contribution < -0.4 is 31.6 Å². The SMILES string of the molecule is C=C(O)/C=C(/OOc1cccc(O)c1)C(=C)N.CCCCCOc1cc([N+](=O)[O-])ccc1N.COc1cc([N+](=O)[O-])ccc1N. The number of aliphatic hydroxyl groups excluding tert-OH is 1. The number of nitrogens with two attached hydrogens (primary N) is 3. The first-order valence-corrected chi connectivity index (χ1v) is 13.2. The van der Waals surface area contributed by atoms with Gasteiger partial charge in [-0.15, -0.1) is 0 Å². The summed E-state index contributed by atoms with van der Waals surface area (Å²) in [5.74, 6) is 0.817. The van der Waals surface area contributed by atoms with Gasteiger partial charge in [0.25, 0.3) is 11.4 Å². The van der Waals surface area contributed by atoms with Gasteiger partial charge in [0.2, 0.25) is 5.76 Å². The van der Waals surface area contributed by atoms with E-state index in [0.29, 0.717) is 29.5 Å². The number of nitrogens with zero attached hydrogens (tertiary/aromatic N) is 2. The summed E-state index contributed by atoms with van der Waals surface area (Å²) in [7, 11) is 1.41. The van der Waals surface area contributed by atoms with Crippen molar-refractivity contribution in [3.63, 3.8) is 0 Å². The van der Waals surface area contributed by atoms with Gasteiger partial charge in [-0.2, -0.15) is 0 Å². The van der Waals surface area contributed by atoms with Crippen molar-refractivity contribution in [2.45, 2.75) is 26.2 Å². The summed E-state index contributed by atoms with van der Waals surface area (Å²) in [6.45, 7) is 9.33. The van der Waals surface area contributed by atoms with Crippen LogP contribution in [0.3, 0.4) is 0 Å². The Hall–Kier alpha value is -6.12. The Morgan fingerprint density at radius 3 is 2.00 bits per heavy atom. The largest absolute Gasteiger partial charge is 0.508 e. The maximum atomic E-state index is 10.5. The van der Waals surface area contributed by atoms with Gasteiger partial charge in [0.15, 0.2) is 5.75 Å². The first kappa shape index (κ1) is 36.9. The molecule has 242 valence electrons. The quantitative estimate of drug-likeness (QED) is 0.0275. The zero-order chi connectivity index (χ0) is 33.9. The minimum Gasteiger partial charge on any atom is -0.508 e. The number of hydrogen-bond donors (Lipinski definition) is 5. The number of nitrogen functional groups attached to an aromatic ring is 2. The molecule has 15 heteroatoms. The molecule has 0 fully saturated rings. The molecule has 8 N–H and O–H groups in total. The number of hydrogen-bond acceptors (Lipinski definition) is 13. The van der Waals surface area contributed by atoms with Crippen molar-refractivity contribution in [1.29, 1.82) is 0 Å². The van der Waals surface area contributed by atoms with Gasteiger partial charge >= 0.3 is 0 Å². The number of unbranched alkanes of at least 4 members (excludes halogenated alkanes) is 2. The predicted molar refractivity (Wildman–Crippen MR) is 170 cm³/mol. The van der Waals surface area contributed by atoms with Gasteiger partial charge in [-0.1, -0.05) is 39.0 Å². The highest BCUT2D eigenvalue weighted by Crippen LogP contribution is 2.27. The number of allylic oxidation sites excluding steroid dienone is 1. The zero-order valence-corrected chi connectivity index (χ0v) is 24.9. The number of benzene rings is 3. The first-order chi connectivity index (χ1) is 21.3. The number of aliphatic hydroxyl groups is 1. The second-order valence-electron chi connectivity index (χ2n) is 8.91. The molecular weight excluding hydrogens is 590 g/mol. The van der Waals surface area contributed by atoms with Gasteiger partial charge in [-0.25, -0.2) is 0 Å². The van der Waals surface area contributed by atoms with E-state index in [9.17, 15) is 25.3 Å². The van der Waals surface area contributed by atoms with E-state index in [2.05, 4.69) is 20.1 Å². The third kappa shape index (κ3) is 14.1. The molecule has 0 aliphatic rings. The number of methoxy groups -OCH3 is 1. The van der Waals surface area contributed by atoms with Crippen molar-refractivity contribution in [2.24, 2.45) is 5.73 Å². The average molecular weight is 628 g/mol. The fraction of sp³-hybridized carbons (Fsp3) is 0.200. The highest BCUT2D eigenvalue weighted by Gasteiger charge is 2.10. The lowest BCUT2D eigenvalue weighted by atomic mass is 10.2. The van der Waals surface area contributed by atoms with E-state index in [1.165, 1.54) is 55.6 Å². The molecule has 0 saturated heterocycles. The fourth-order valence-electron chi connectivity index (χ4n) is 3.06. The summed E-state index contributed by atoms with van der Waals surface area (Å²) in [4.78, 5) is 29.6. The number of ether oxygens (including phenoxy) is 2. The summed E-state index contributed by atoms with van der Waals surface area (Å²) in [5, 5.41) is 39.0. The van der Waals surface area contributed by atoms with Gasteiger partial charge in [0.05, 0.1) is 52.8 Å². The predicted octanol–water partition coefficient (Wildman–Crippen LogP) is 6.06. The van der Waals surface area contributed by atoms with Crippen LogP contribution in [0.2, 0.25) is 0 Å². The molecule has 0 aromatic heterocycles. The minimum atomic E-state index is -0.498. The Kier molecular flexibility index (Phi) is 15.7. The van der Waals surface area contributed by atoms with Crippen molar-refractivity contribution in [3.05, 3.63) is 117 Å². The summed E-state index contributed by atoms with van der Waals surface area (Å²) in [5.41, 5.74) is 17.4. The van der Waals surface area contributed by atoms with Crippen LogP contribution in [0.5, 0.6) is 23.0 Å². The molecule has 0 aliphatic heterocycles. The van der Waals surface area contributed by atoms with Crippen LogP contribution >= 0.6 is 0 Å². The van der Waals surface area contributed by atoms with Crippen LogP contribution in [-0.2, 0) is 4.89 Å². The second kappa shape index (κ2) is 19.1. The molecule has 0 aliphatic carbocycles. The number of nitro benzene ring substituents is 2. The Balaban J connectivity index is 0.000000343. The Morgan fingerprint density at radius 1 is 0.933 bits per heavy atom. The number of aromatic hydroxyl groups is 1. The molecule has 3 aromatic carbocycles. The van der Waals surface area contributed by atoms with Gasteiger partial charge in [-0.3, -0.25) is 30.0 Å². The maximum absolute atomic E-state index is 10.5. The minimum absolute atomic E-state index is 0.000286. The first-order valence-electron chi connectivity index (χ1n) is 13.2. The lowest BCUT2D eigenvalue weighted by molar-refractivity contribution is -0.385. The molecule has 0 saturated carbocycles. The Labute approximate surface area is 259 Å². The van der Waals surface area contributed by atoms with Crippen LogP contribution in [0.4, 0.5) is 22.7 Å². The van der Waals surface area contributed by atoms with E-state index < -0.39 is 9.85 Å². The van der Waals surface area contributed by atoms with Crippen LogP contribution in [-0.4, -0.2) is 33.8 Å². The monoisotopic (exact) mass is 627 g/mol. The average Bonchev–Trinajstić information content (AvgIpc) is 2.98. The number of rotatable bonds is 13. The summed E-state index contributed by atoms with van der Waals surface area (Å²) in [6.07, 6.45) is 4.27. The molecule has 0 atom stereocenters. The Bertz CT molecular complexity index is 1490. The molecule has 45 heavy (non-hydrogen) atoms. The van der Waals surface area contributed by atoms with Gasteiger partial charge in [0.1, 0.15) is 23.0 Å². The van der Waals surface area contributed by atoms with Crippen molar-refractivity contribution in [2.75, 3.05) is 25.2 Å². The zero-order valence-electron chi connectivity index (χ0n) is 24.9. The maximum Gasteiger partial charge on any atom is 0.273 e. The molecule has 3 aromatic rings. The van der Waals surface area contributed by atoms with E-state index in [1.807, 2.05) is 0 Å². The number of phenols is 1. The lowest BCUT2D eigenvalue weighted by Gasteiger charge is -2.08. The molecule has 0 spiro atoms. The number of non-ortho nitro benzene ring substituents is 2. The third-order valence-electron chi connectivity index (χ3n) is 5.30. The highest BCUT2D eigenvalue weighted by atomic mass is 17.2. The third-order valence-corrected chi connectivity index (χ3v) is 5.30. The molecule has 0 radical (unpaired) electrons. The van der Waals surface area contributed by atoms with Crippen LogP contribution in [0.15, 0.2) is 97.1 Å². The normalized spacial score (nSPS) is 10.1. The Morgan fingerprint density at radius 2 is 1.51 bits per heavy atom. The number of nitro groups is 2. The molecule has 0 amide bonds. The summed E-state index contributed by atoms with van der Waals surface area (Å²) < 4.78 is 10.2. The highest BCUT2D eigenvalue weighted by molar-refractivity contribution is 5.58. The van der Waals surface area contributed by atoms with Crippen LogP contribution in [0, 0.1) is 20.2 Å². The lowest BCUT2D eigenvalue weighted by Crippen LogP contribution is -2.06. The van der Waals surface area contributed by atoms with Crippen molar-refractivity contribution >= 4 is 22.7 Å². The van der Waals surface area contributed by atoms with Crippen molar-refractivity contribution in [1.82, 2.24) is 0 Å². The van der Waals surface area contributed by atoms with Crippen molar-refractivity contribution < 1.29 is 39.3 Å². The smallest absolute Gasteiger partial charge is 0.273 e. The van der Waals surface area contributed by atoms with Crippen molar-refractivity contribution in [3.8, 4) is 23.0 Å². The molecular formula is C30H37N5O10. The van der Waals surface area contributed by atoms with Gasteiger partial charge in [-0.05, 0) is 30.7 Å². The molecule has 0 bridgehead atoms. The van der Waals surface area contributed by atoms with E-state index >= 15 is 0 Å². The van der Waals surface area contributed by atoms with Gasteiger partial charge < -0.3 is 36.9 Å². The molecule has 0 unspecified atom stereocenters. The van der Waals surface area contributed by atoms with Crippen LogP contribution in [0.25, 0.3) is 0 Å². The molecule has 3 rings (SSSR count). The van der Waals surface area contributed by atoms with E-state index in [4.69, 9.17) is 41.6 Å². The summed E-state index contributed by atoms with van der Waals surface area (Å²) in [6, 6.07) is 14.3. The van der Waals surface area contributed by atoms with Crippen LogP contribution in [0.1, 0.15) is 26.2 Å².